The van der Waals surface area contributed by atoms with Gasteiger partial charge in [-0.05, 0) is 82.2 Å². The fourth-order valence-electron chi connectivity index (χ4n) is 14.0. The van der Waals surface area contributed by atoms with Gasteiger partial charge in [-0.25, -0.2) is 28.5 Å². The Hall–Kier alpha value is -14.3. The van der Waals surface area contributed by atoms with Crippen molar-refractivity contribution in [3.05, 3.63) is 337 Å². The molecule has 3 unspecified atom stereocenters. The molecule has 0 amide bonds. The van der Waals surface area contributed by atoms with Crippen LogP contribution in [0.25, 0.3) is 54.6 Å². The molecule has 12 N–H and O–H groups in total. The second-order valence-corrected chi connectivity index (χ2v) is 37.7. The molecule has 720 valence electrons. The first-order valence-electron chi connectivity index (χ1n) is 42.5. The molecule has 2 saturated heterocycles. The summed E-state index contributed by atoms with van der Waals surface area (Å²) in [4.78, 5) is 102. The van der Waals surface area contributed by atoms with Crippen molar-refractivity contribution in [2.45, 2.75) is 96.3 Å². The number of nitrogen functional groups attached to an aromatic ring is 2. The van der Waals surface area contributed by atoms with Gasteiger partial charge in [0.1, 0.15) is 73.2 Å². The molecular weight excluding hydrogens is 1890 g/mol. The first kappa shape index (κ1) is 103. The molecule has 138 heavy (non-hydrogen) atoms. The minimum absolute atomic E-state index is 0. The van der Waals surface area contributed by atoms with Gasteiger partial charge < -0.3 is 91.2 Å². The standard InChI is InChI=1S/C31H32N5O8P.C27H24NO7P.C16H11ClNO5P.C10H13N5O4.C10H13NO2.ClH/c1-19(30(39)41-15-20-8-3-2-4-9-20)17-45(40,44-24-13-7-11-21-10-5-6-12-22(21)24)42-16-25-23(37)14-26(43-25)36-18-33-27-28(36)34-31(32)35-29(27)38;1-20(27(29)33-18-21-8-3-2-4-9-21)19-36(32,34-24-16-14-23(15-17-24)28(30)31)35-26-13-7-11-22-10-5-6-12-25(22)26;17-24(21,22-14-10-8-13(9-11-14)18(19)20)23-16-7-3-5-12-4-1-2-6-15(12)16;11-10-13-8-7(9(18)14-10)12-3-15(8)6-1-4(17)5(2-16)19-6;1-8(11)10(12)13-7-9-5-3-2-4-6-9;/h2-13,18-19,23,25-26,37H,14-17H2,1H3,(H3,32,34,35,38);2-17,20H,18-19H2,1H3;1-11H;3-6,16-17H,1-2H2,(H3,11,13,14,18);2-6,8H,7,11H2,1H3;1H/t19-,23-,25-,26-,45?;20-,36?;;4-,5-,6-;8-;/m11.10./s1. The molecule has 0 radical (unpaired) electrons. The highest BCUT2D eigenvalue weighted by atomic mass is 35.7. The maximum Gasteiger partial charge on any atom is 0.530 e. The number of non-ortho nitro benzene ring substituents is 2. The summed E-state index contributed by atoms with van der Waals surface area (Å²) in [5.41, 5.74) is 17.0. The molecule has 11 aromatic carbocycles. The van der Waals surface area contributed by atoms with Crippen LogP contribution in [-0.4, -0.2) is 138 Å². The minimum atomic E-state index is -4.05. The van der Waals surface area contributed by atoms with Crippen molar-refractivity contribution in [2.75, 3.05) is 37.0 Å². The van der Waals surface area contributed by atoms with E-state index in [9.17, 15) is 68.1 Å². The van der Waals surface area contributed by atoms with Crippen LogP contribution >= 0.6 is 33.4 Å². The Bertz CT molecular complexity index is 7010. The third kappa shape index (κ3) is 27.8. The number of benzene rings is 11. The first-order chi connectivity index (χ1) is 65.8. The summed E-state index contributed by atoms with van der Waals surface area (Å²) in [7, 11) is -8.03. The van der Waals surface area contributed by atoms with E-state index < -0.39 is 104 Å². The van der Waals surface area contributed by atoms with Crippen LogP contribution in [0.1, 0.15) is 62.8 Å². The molecule has 6 heterocycles. The average Bonchev–Trinajstić information content (AvgIpc) is 1.60. The fourth-order valence-corrected chi connectivity index (χ4v) is 19.1. The van der Waals surface area contributed by atoms with E-state index in [2.05, 4.69) is 35.6 Å². The Balaban J connectivity index is 0.000000164. The number of carbonyl (C=O) groups excluding carboxylic acids is 3. The second-order valence-electron chi connectivity index (χ2n) is 31.3. The molecule has 2 fully saturated rings. The van der Waals surface area contributed by atoms with Crippen LogP contribution in [0.3, 0.4) is 0 Å². The number of halogens is 2. The lowest BCUT2D eigenvalue weighted by Gasteiger charge is -2.24. The number of ether oxygens (including phenoxy) is 5. The SMILES string of the molecule is C[C@H](CP(=O)(OC[C@H]1O[C@@H](n2cnc3c(=O)[nH]c(N)nc32)C[C@H]1O)Oc1cccc2ccccc12)C(=O)OCc1ccccc1.C[C@H](CP(=O)(Oc1ccc([N+](=O)[O-])cc1)Oc1cccc2ccccc12)C(=O)OCc1ccccc1.C[C@H]([NH3+])C(=O)OCc1ccccc1.Nc1nc2c(ncn2[C@H]2C[C@@H](O)[C@@H](CO)O2)c(=O)[nH]1.O=[N+]([O-])c1ccc(OP(=O)(Cl)Oc2cccc3ccccc23)cc1.[Cl-]. The molecule has 0 spiro atoms. The number of nitrogens with two attached hydrogens (primary N) is 2. The van der Waals surface area contributed by atoms with Crippen LogP contribution < -0.4 is 63.3 Å². The van der Waals surface area contributed by atoms with Crippen molar-refractivity contribution in [3.63, 3.8) is 0 Å². The summed E-state index contributed by atoms with van der Waals surface area (Å²) >= 11 is 5.89. The van der Waals surface area contributed by atoms with Gasteiger partial charge in [0.25, 0.3) is 22.5 Å². The number of nitrogens with one attached hydrogen (secondary N) is 2. The van der Waals surface area contributed by atoms with Crippen LogP contribution in [0.15, 0.2) is 289 Å². The predicted octanol–water partition coefficient (Wildman–Crippen LogP) is 12.2. The topological polar surface area (TPSA) is 558 Å². The lowest BCUT2D eigenvalue weighted by atomic mass is 10.1. The zero-order valence-electron chi connectivity index (χ0n) is 73.9. The zero-order chi connectivity index (χ0) is 97.5. The number of rotatable bonds is 31. The largest absolute Gasteiger partial charge is 1.00 e. The van der Waals surface area contributed by atoms with Crippen LogP contribution in [0.2, 0.25) is 0 Å². The number of aromatic amines is 2. The molecule has 2 aliphatic rings. The highest BCUT2D eigenvalue weighted by Crippen LogP contribution is 2.56. The van der Waals surface area contributed by atoms with E-state index in [-0.39, 0.29) is 133 Å². The van der Waals surface area contributed by atoms with Gasteiger partial charge in [0, 0.05) is 64.5 Å². The van der Waals surface area contributed by atoms with Gasteiger partial charge in [0.15, 0.2) is 28.4 Å². The number of hydrogen-bond acceptors (Lipinski definition) is 32. The molecular formula is C94H94Cl2N13O26P3. The first-order valence-corrected chi connectivity index (χ1v) is 48.4. The van der Waals surface area contributed by atoms with E-state index in [1.54, 1.807) is 57.2 Å². The summed E-state index contributed by atoms with van der Waals surface area (Å²) < 4.78 is 106. The van der Waals surface area contributed by atoms with E-state index in [4.69, 9.17) is 78.6 Å². The Morgan fingerprint density at radius 3 is 1.23 bits per heavy atom. The lowest BCUT2D eigenvalue weighted by Crippen LogP contribution is -3.00. The number of quaternary nitrogens is 1. The van der Waals surface area contributed by atoms with E-state index >= 15 is 0 Å². The zero-order valence-corrected chi connectivity index (χ0v) is 78.1. The van der Waals surface area contributed by atoms with Gasteiger partial charge >= 0.3 is 40.0 Å². The van der Waals surface area contributed by atoms with Gasteiger partial charge in [0.05, 0.1) is 72.1 Å². The normalized spacial score (nSPS) is 17.2. The molecule has 4 aromatic heterocycles. The minimum Gasteiger partial charge on any atom is -1.00 e. The van der Waals surface area contributed by atoms with Gasteiger partial charge in [-0.15, -0.1) is 0 Å². The van der Waals surface area contributed by atoms with E-state index in [0.717, 1.165) is 43.6 Å². The molecule has 0 bridgehead atoms. The Kier molecular flexibility index (Phi) is 35.3. The number of aliphatic hydroxyl groups excluding tert-OH is 3. The fraction of sp³-hybridized carbons (Fsp3) is 0.223. The summed E-state index contributed by atoms with van der Waals surface area (Å²) in [5, 5.41) is 56.1. The molecule has 44 heteroatoms. The Morgan fingerprint density at radius 1 is 0.493 bits per heavy atom. The van der Waals surface area contributed by atoms with Crippen LogP contribution in [0, 0.1) is 32.1 Å². The number of aromatic nitrogens is 8. The van der Waals surface area contributed by atoms with Gasteiger partial charge in [-0.3, -0.25) is 63.0 Å². The van der Waals surface area contributed by atoms with E-state index in [1.807, 2.05) is 182 Å². The molecule has 39 nitrogen and oxygen atoms in total. The number of aliphatic hydroxyl groups is 3. The van der Waals surface area contributed by atoms with E-state index in [0.29, 0.717) is 29.2 Å². The number of H-pyrrole nitrogens is 2. The number of hydrogen-bond donors (Lipinski definition) is 8. The molecule has 0 aliphatic carbocycles. The van der Waals surface area contributed by atoms with E-state index in [1.165, 1.54) is 70.3 Å². The number of imidazole rings is 2. The van der Waals surface area contributed by atoms with Crippen molar-refractivity contribution < 1.29 is 122 Å². The van der Waals surface area contributed by atoms with Crippen molar-refractivity contribution >= 4 is 129 Å². The van der Waals surface area contributed by atoms with Crippen molar-refractivity contribution in [1.82, 2.24) is 39.0 Å². The summed E-state index contributed by atoms with van der Waals surface area (Å²) in [6.45, 7) is 0.819. The molecule has 2 aliphatic heterocycles. The molecule has 0 saturated carbocycles. The maximum absolute atomic E-state index is 14.4. The number of nitro groups is 2. The number of carbonyl (C=O) groups is 3. The summed E-state index contributed by atoms with van der Waals surface area (Å²) in [5.74, 6) is -1.91. The lowest BCUT2D eigenvalue weighted by molar-refractivity contribution is -0.403. The third-order valence-electron chi connectivity index (χ3n) is 20.9. The van der Waals surface area contributed by atoms with Crippen LogP contribution in [0.5, 0.6) is 28.7 Å². The number of anilines is 2. The summed E-state index contributed by atoms with van der Waals surface area (Å²) in [6.07, 6.45) is -2.02. The monoisotopic (exact) mass is 1980 g/mol. The maximum atomic E-state index is 14.4. The average molecular weight is 1990 g/mol. The number of esters is 3. The third-order valence-corrected chi connectivity index (χ3v) is 26.1. The molecule has 17 rings (SSSR count). The smallest absolute Gasteiger partial charge is 0.530 e. The van der Waals surface area contributed by atoms with Gasteiger partial charge in [0.2, 0.25) is 11.9 Å². The van der Waals surface area contributed by atoms with Gasteiger partial charge in [-0.1, -0.05) is 214 Å². The van der Waals surface area contributed by atoms with Crippen molar-refractivity contribution in [2.24, 2.45) is 11.8 Å². The highest BCUT2D eigenvalue weighted by Gasteiger charge is 2.42. The van der Waals surface area contributed by atoms with Gasteiger partial charge in [-0.2, -0.15) is 9.97 Å². The predicted molar refractivity (Wildman–Crippen MR) is 506 cm³/mol. The number of fused-ring (bicyclic) bond motifs is 5. The van der Waals surface area contributed by atoms with Crippen LogP contribution in [-0.2, 0) is 76.1 Å². The number of nitrogens with zero attached hydrogens (tertiary/aromatic N) is 8. The quantitative estimate of drug-likeness (QED) is 0.00657. The van der Waals surface area contributed by atoms with Crippen LogP contribution in [0.4, 0.5) is 23.3 Å². The Labute approximate surface area is 797 Å². The number of nitro benzene ring substituents is 2. The van der Waals surface area contributed by atoms with Crippen molar-refractivity contribution in [3.8, 4) is 28.7 Å². The molecule has 12 atom stereocenters. The Morgan fingerprint density at radius 2 is 0.841 bits per heavy atom. The second kappa shape index (κ2) is 47.5. The van der Waals surface area contributed by atoms with Crippen molar-refractivity contribution in [1.29, 1.82) is 0 Å². The highest BCUT2D eigenvalue weighted by molar-refractivity contribution is 7.82. The summed E-state index contributed by atoms with van der Waals surface area (Å²) in [6, 6.07) is 76.2. The molecule has 15 aromatic rings.